The van der Waals surface area contributed by atoms with E-state index in [1.165, 1.54) is 18.9 Å². The van der Waals surface area contributed by atoms with Crippen LogP contribution in [0.1, 0.15) is 26.2 Å². The Kier molecular flexibility index (Phi) is 8.52. The maximum Gasteiger partial charge on any atom is 0.193 e. The molecule has 0 amide bonds. The number of para-hydroxylation sites is 1. The van der Waals surface area contributed by atoms with E-state index in [1.807, 2.05) is 6.92 Å². The fourth-order valence-electron chi connectivity index (χ4n) is 2.46. The summed E-state index contributed by atoms with van der Waals surface area (Å²) in [4.78, 5) is 6.55. The molecule has 1 aromatic rings. The lowest BCUT2D eigenvalue weighted by atomic mass is 10.2. The number of hydrogen-bond acceptors (Lipinski definition) is 2. The Hall–Kier alpha value is -1.05. The zero-order valence-corrected chi connectivity index (χ0v) is 15.5. The van der Waals surface area contributed by atoms with E-state index in [0.29, 0.717) is 12.3 Å². The van der Waals surface area contributed by atoms with Gasteiger partial charge in [0.25, 0.3) is 0 Å². The van der Waals surface area contributed by atoms with Crippen LogP contribution in [0.3, 0.4) is 0 Å². The van der Waals surface area contributed by atoms with Gasteiger partial charge in [-0.3, -0.25) is 4.99 Å². The fraction of sp³-hybridized carbons (Fsp3) is 0.562. The molecule has 4 nitrogen and oxygen atoms in total. The van der Waals surface area contributed by atoms with E-state index in [4.69, 9.17) is 4.74 Å². The molecule has 1 unspecified atom stereocenters. The second-order valence-corrected chi connectivity index (χ2v) is 5.20. The van der Waals surface area contributed by atoms with Gasteiger partial charge in [-0.1, -0.05) is 19.1 Å². The molecule has 1 N–H and O–H groups in total. The fourth-order valence-corrected chi connectivity index (χ4v) is 2.46. The van der Waals surface area contributed by atoms with Crippen LogP contribution in [0.15, 0.2) is 29.3 Å². The van der Waals surface area contributed by atoms with Gasteiger partial charge in [-0.05, 0) is 31.4 Å². The van der Waals surface area contributed by atoms with Crippen molar-refractivity contribution >= 4 is 29.9 Å². The molecule has 2 rings (SSSR count). The van der Waals surface area contributed by atoms with E-state index < -0.39 is 0 Å². The molecule has 124 valence electrons. The van der Waals surface area contributed by atoms with Crippen molar-refractivity contribution in [3.63, 3.8) is 0 Å². The monoisotopic (exact) mass is 421 g/mol. The first-order valence-electron chi connectivity index (χ1n) is 7.61. The molecular weight excluding hydrogens is 396 g/mol. The summed E-state index contributed by atoms with van der Waals surface area (Å²) in [6.07, 6.45) is 3.15. The largest absolute Gasteiger partial charge is 0.486 e. The van der Waals surface area contributed by atoms with Crippen LogP contribution < -0.4 is 10.1 Å². The zero-order valence-electron chi connectivity index (χ0n) is 13.2. The van der Waals surface area contributed by atoms with Crippen molar-refractivity contribution in [3.8, 4) is 5.75 Å². The number of guanidine groups is 1. The second kappa shape index (κ2) is 9.86. The summed E-state index contributed by atoms with van der Waals surface area (Å²) in [6.45, 7) is 4.75. The molecule has 0 spiro atoms. The number of nitrogens with zero attached hydrogens (tertiary/aromatic N) is 2. The van der Waals surface area contributed by atoms with Crippen molar-refractivity contribution in [2.24, 2.45) is 4.99 Å². The van der Waals surface area contributed by atoms with Gasteiger partial charge in [-0.15, -0.1) is 24.0 Å². The lowest BCUT2D eigenvalue weighted by Gasteiger charge is -2.24. The molecule has 22 heavy (non-hydrogen) atoms. The maximum absolute atomic E-state index is 13.6. The SMILES string of the molecule is CCC(CNC(=NC)N1CCCC1)Oc1ccccc1F.I. The molecule has 1 aliphatic heterocycles. The third kappa shape index (κ3) is 5.30. The van der Waals surface area contributed by atoms with Gasteiger partial charge in [0.15, 0.2) is 17.5 Å². The van der Waals surface area contributed by atoms with Gasteiger partial charge in [0.2, 0.25) is 0 Å². The Morgan fingerprint density at radius 2 is 2.05 bits per heavy atom. The molecule has 0 aromatic heterocycles. The van der Waals surface area contributed by atoms with Crippen LogP contribution in [0.25, 0.3) is 0 Å². The van der Waals surface area contributed by atoms with Gasteiger partial charge in [0.05, 0.1) is 6.54 Å². The maximum atomic E-state index is 13.6. The van der Waals surface area contributed by atoms with Gasteiger partial charge in [0, 0.05) is 20.1 Å². The predicted octanol–water partition coefficient (Wildman–Crippen LogP) is 3.27. The Bertz CT molecular complexity index is 478. The van der Waals surface area contributed by atoms with Crippen molar-refractivity contribution < 1.29 is 9.13 Å². The molecule has 1 heterocycles. The Morgan fingerprint density at radius 3 is 2.64 bits per heavy atom. The predicted molar refractivity (Wildman–Crippen MR) is 98.7 cm³/mol. The molecule has 0 aliphatic carbocycles. The molecule has 1 atom stereocenters. The number of ether oxygens (including phenoxy) is 1. The van der Waals surface area contributed by atoms with E-state index in [-0.39, 0.29) is 35.9 Å². The van der Waals surface area contributed by atoms with E-state index >= 15 is 0 Å². The Labute approximate surface area is 149 Å². The summed E-state index contributed by atoms with van der Waals surface area (Å²) < 4.78 is 19.4. The van der Waals surface area contributed by atoms with Gasteiger partial charge in [0.1, 0.15) is 6.10 Å². The molecule has 1 aliphatic rings. The van der Waals surface area contributed by atoms with Crippen LogP contribution in [-0.4, -0.2) is 43.6 Å². The van der Waals surface area contributed by atoms with Gasteiger partial charge < -0.3 is 15.0 Å². The van der Waals surface area contributed by atoms with Crippen LogP contribution in [0.5, 0.6) is 5.75 Å². The third-order valence-corrected chi connectivity index (χ3v) is 3.69. The lowest BCUT2D eigenvalue weighted by Crippen LogP contribution is -2.43. The average Bonchev–Trinajstić information content (AvgIpc) is 3.03. The molecule has 1 saturated heterocycles. The smallest absolute Gasteiger partial charge is 0.193 e. The van der Waals surface area contributed by atoms with E-state index in [1.54, 1.807) is 25.2 Å². The van der Waals surface area contributed by atoms with E-state index in [2.05, 4.69) is 15.2 Å². The molecule has 1 fully saturated rings. The normalized spacial score (nSPS) is 16.1. The molecule has 1 aromatic carbocycles. The van der Waals surface area contributed by atoms with Crippen molar-refractivity contribution in [2.45, 2.75) is 32.3 Å². The first-order valence-corrected chi connectivity index (χ1v) is 7.61. The first-order chi connectivity index (χ1) is 10.2. The minimum Gasteiger partial charge on any atom is -0.486 e. The number of halogens is 2. The van der Waals surface area contributed by atoms with Crippen LogP contribution in [0.2, 0.25) is 0 Å². The molecule has 0 bridgehead atoms. The highest BCUT2D eigenvalue weighted by Crippen LogP contribution is 2.18. The number of likely N-dealkylation sites (tertiary alicyclic amines) is 1. The second-order valence-electron chi connectivity index (χ2n) is 5.20. The van der Waals surface area contributed by atoms with Gasteiger partial charge >= 0.3 is 0 Å². The highest BCUT2D eigenvalue weighted by atomic mass is 127. The summed E-state index contributed by atoms with van der Waals surface area (Å²) in [5.74, 6) is 0.894. The van der Waals surface area contributed by atoms with E-state index in [0.717, 1.165) is 25.5 Å². The quantitative estimate of drug-likeness (QED) is 0.451. The van der Waals surface area contributed by atoms with Crippen LogP contribution >= 0.6 is 24.0 Å². The van der Waals surface area contributed by atoms with Crippen molar-refractivity contribution in [1.29, 1.82) is 0 Å². The highest BCUT2D eigenvalue weighted by molar-refractivity contribution is 14.0. The van der Waals surface area contributed by atoms with Crippen molar-refractivity contribution in [3.05, 3.63) is 30.1 Å². The van der Waals surface area contributed by atoms with Crippen molar-refractivity contribution in [1.82, 2.24) is 10.2 Å². The number of benzene rings is 1. The van der Waals surface area contributed by atoms with E-state index in [9.17, 15) is 4.39 Å². The van der Waals surface area contributed by atoms with Crippen LogP contribution in [0.4, 0.5) is 4.39 Å². The summed E-state index contributed by atoms with van der Waals surface area (Å²) in [5, 5.41) is 3.33. The number of nitrogens with one attached hydrogen (secondary N) is 1. The zero-order chi connectivity index (χ0) is 15.1. The highest BCUT2D eigenvalue weighted by Gasteiger charge is 2.17. The lowest BCUT2D eigenvalue weighted by molar-refractivity contribution is 0.190. The topological polar surface area (TPSA) is 36.9 Å². The van der Waals surface area contributed by atoms with Gasteiger partial charge in [-0.2, -0.15) is 0 Å². The van der Waals surface area contributed by atoms with Crippen LogP contribution in [-0.2, 0) is 0 Å². The molecule has 0 radical (unpaired) electrons. The first kappa shape index (κ1) is 19.0. The Balaban J connectivity index is 0.00000242. The summed E-state index contributed by atoms with van der Waals surface area (Å²) >= 11 is 0. The third-order valence-electron chi connectivity index (χ3n) is 3.69. The summed E-state index contributed by atoms with van der Waals surface area (Å²) in [6, 6.07) is 6.52. The molecular formula is C16H25FIN3O. The number of hydrogen-bond donors (Lipinski definition) is 1. The minimum atomic E-state index is -0.320. The average molecular weight is 421 g/mol. The van der Waals surface area contributed by atoms with Crippen LogP contribution in [0, 0.1) is 5.82 Å². The standard InChI is InChI=1S/C16H24FN3O.HI/c1-3-13(21-15-9-5-4-8-14(15)17)12-19-16(18-2)20-10-6-7-11-20;/h4-5,8-9,13H,3,6-7,10-12H2,1-2H3,(H,18,19);1H. The summed E-state index contributed by atoms with van der Waals surface area (Å²) in [7, 11) is 1.79. The Morgan fingerprint density at radius 1 is 1.36 bits per heavy atom. The minimum absolute atomic E-state index is 0. The van der Waals surface area contributed by atoms with Crippen molar-refractivity contribution in [2.75, 3.05) is 26.7 Å². The van der Waals surface area contributed by atoms with Gasteiger partial charge in [-0.25, -0.2) is 4.39 Å². The molecule has 6 heteroatoms. The summed E-state index contributed by atoms with van der Waals surface area (Å²) in [5.41, 5.74) is 0. The molecule has 0 saturated carbocycles. The number of aliphatic imine (C=N–C) groups is 1. The number of rotatable bonds is 5.